The number of para-hydroxylation sites is 1. The van der Waals surface area contributed by atoms with E-state index < -0.39 is 11.7 Å². The van der Waals surface area contributed by atoms with E-state index >= 15 is 0 Å². The van der Waals surface area contributed by atoms with Crippen LogP contribution in [0, 0.1) is 13.8 Å². The van der Waals surface area contributed by atoms with E-state index in [0.29, 0.717) is 28.5 Å². The summed E-state index contributed by atoms with van der Waals surface area (Å²) < 4.78 is 1.42. The molecule has 1 heterocycles. The fourth-order valence-electron chi connectivity index (χ4n) is 2.40. The predicted octanol–water partition coefficient (Wildman–Crippen LogP) is 3.10. The van der Waals surface area contributed by atoms with Crippen molar-refractivity contribution >= 4 is 23.2 Å². The Kier molecular flexibility index (Phi) is 4.98. The van der Waals surface area contributed by atoms with Crippen molar-refractivity contribution < 1.29 is 4.79 Å². The summed E-state index contributed by atoms with van der Waals surface area (Å²) in [5.74, 6) is -0.286. The quantitative estimate of drug-likeness (QED) is 0.941. The molecule has 1 N–H and O–H groups in total. The van der Waals surface area contributed by atoms with Crippen molar-refractivity contribution in [2.75, 3.05) is 5.32 Å². The van der Waals surface area contributed by atoms with Gasteiger partial charge in [-0.15, -0.1) is 0 Å². The zero-order valence-electron chi connectivity index (χ0n) is 12.8. The molecule has 6 heteroatoms. The number of carbonyl (C=O) groups excluding carboxylic acids is 1. The van der Waals surface area contributed by atoms with Crippen LogP contribution in [0.15, 0.2) is 35.1 Å². The second kappa shape index (κ2) is 6.75. The van der Waals surface area contributed by atoms with Gasteiger partial charge in [0.1, 0.15) is 6.04 Å². The maximum absolute atomic E-state index is 12.5. The van der Waals surface area contributed by atoms with Gasteiger partial charge in [-0.05, 0) is 38.5 Å². The predicted molar refractivity (Wildman–Crippen MR) is 87.4 cm³/mol. The Hall–Kier alpha value is -2.14. The molecular weight excluding hydrogens is 302 g/mol. The lowest BCUT2D eigenvalue weighted by Gasteiger charge is -2.20. The van der Waals surface area contributed by atoms with Gasteiger partial charge in [0.15, 0.2) is 0 Å². The largest absolute Gasteiger partial charge is 0.348 e. The van der Waals surface area contributed by atoms with Gasteiger partial charge in [-0.25, -0.2) is 4.79 Å². The van der Waals surface area contributed by atoms with Gasteiger partial charge < -0.3 is 5.32 Å². The number of aryl methyl sites for hydroxylation is 2. The van der Waals surface area contributed by atoms with E-state index in [4.69, 9.17) is 11.6 Å². The number of amides is 1. The summed E-state index contributed by atoms with van der Waals surface area (Å²) in [5.41, 5.74) is 1.45. The molecule has 0 fully saturated rings. The van der Waals surface area contributed by atoms with Crippen LogP contribution in [0.4, 0.5) is 5.69 Å². The number of aromatic nitrogens is 2. The van der Waals surface area contributed by atoms with Crippen LogP contribution >= 0.6 is 11.6 Å². The SMILES string of the molecule is CC[C@H](C(=O)Nc1ccccc1Cl)n1c(C)cc(C)nc1=O. The molecule has 116 valence electrons. The molecule has 1 aromatic carbocycles. The van der Waals surface area contributed by atoms with Gasteiger partial charge in [-0.1, -0.05) is 30.7 Å². The first-order chi connectivity index (χ1) is 10.4. The second-order valence-electron chi connectivity index (χ2n) is 5.08. The Bertz CT molecular complexity index is 755. The molecule has 1 aromatic heterocycles. The van der Waals surface area contributed by atoms with E-state index in [1.165, 1.54) is 4.57 Å². The molecule has 1 atom stereocenters. The summed E-state index contributed by atoms with van der Waals surface area (Å²) in [5, 5.41) is 3.23. The Morgan fingerprint density at radius 2 is 2.05 bits per heavy atom. The minimum atomic E-state index is -0.628. The normalized spacial score (nSPS) is 12.0. The second-order valence-corrected chi connectivity index (χ2v) is 5.49. The number of rotatable bonds is 4. The highest BCUT2D eigenvalue weighted by Gasteiger charge is 2.22. The van der Waals surface area contributed by atoms with Crippen LogP contribution in [0.3, 0.4) is 0 Å². The number of nitrogens with one attached hydrogen (secondary N) is 1. The van der Waals surface area contributed by atoms with E-state index in [2.05, 4.69) is 10.3 Å². The average molecular weight is 320 g/mol. The zero-order chi connectivity index (χ0) is 16.3. The van der Waals surface area contributed by atoms with Crippen LogP contribution in [0.25, 0.3) is 0 Å². The topological polar surface area (TPSA) is 64.0 Å². The lowest BCUT2D eigenvalue weighted by Crippen LogP contribution is -2.36. The monoisotopic (exact) mass is 319 g/mol. The lowest BCUT2D eigenvalue weighted by molar-refractivity contribution is -0.119. The molecule has 0 spiro atoms. The highest BCUT2D eigenvalue weighted by atomic mass is 35.5. The highest BCUT2D eigenvalue weighted by Crippen LogP contribution is 2.22. The third-order valence-corrected chi connectivity index (χ3v) is 3.74. The van der Waals surface area contributed by atoms with Gasteiger partial charge in [0.05, 0.1) is 10.7 Å². The first-order valence-corrected chi connectivity index (χ1v) is 7.44. The number of nitrogens with zero attached hydrogens (tertiary/aromatic N) is 2. The maximum Gasteiger partial charge on any atom is 0.348 e. The minimum absolute atomic E-state index is 0.286. The summed E-state index contributed by atoms with van der Waals surface area (Å²) >= 11 is 6.05. The molecular formula is C16H18ClN3O2. The molecule has 0 saturated carbocycles. The Morgan fingerprint density at radius 1 is 1.36 bits per heavy atom. The van der Waals surface area contributed by atoms with Crippen LogP contribution < -0.4 is 11.0 Å². The van der Waals surface area contributed by atoms with Crippen molar-refractivity contribution in [3.8, 4) is 0 Å². The van der Waals surface area contributed by atoms with E-state index in [9.17, 15) is 9.59 Å². The zero-order valence-corrected chi connectivity index (χ0v) is 13.5. The molecule has 0 aliphatic rings. The molecule has 5 nitrogen and oxygen atoms in total. The molecule has 0 bridgehead atoms. The Balaban J connectivity index is 2.35. The van der Waals surface area contributed by atoms with Crippen LogP contribution in [0.5, 0.6) is 0 Å². The highest BCUT2D eigenvalue weighted by molar-refractivity contribution is 6.33. The van der Waals surface area contributed by atoms with E-state index in [-0.39, 0.29) is 5.91 Å². The van der Waals surface area contributed by atoms with Gasteiger partial charge in [0, 0.05) is 11.4 Å². The van der Waals surface area contributed by atoms with Crippen molar-refractivity contribution in [3.05, 3.63) is 57.2 Å². The van der Waals surface area contributed by atoms with E-state index in [0.717, 1.165) is 0 Å². The third-order valence-electron chi connectivity index (χ3n) is 3.41. The molecule has 2 rings (SSSR count). The van der Waals surface area contributed by atoms with Gasteiger partial charge in [-0.3, -0.25) is 9.36 Å². The number of halogens is 1. The molecule has 0 saturated heterocycles. The number of carbonyl (C=O) groups is 1. The molecule has 22 heavy (non-hydrogen) atoms. The summed E-state index contributed by atoms with van der Waals surface area (Å²) in [7, 11) is 0. The first kappa shape index (κ1) is 16.2. The molecule has 2 aromatic rings. The summed E-state index contributed by atoms with van der Waals surface area (Å²) in [6, 6.07) is 8.14. The smallest absolute Gasteiger partial charge is 0.323 e. The van der Waals surface area contributed by atoms with Crippen LogP contribution in [0.1, 0.15) is 30.8 Å². The number of benzene rings is 1. The third kappa shape index (κ3) is 3.36. The van der Waals surface area contributed by atoms with Crippen molar-refractivity contribution in [2.45, 2.75) is 33.2 Å². The number of anilines is 1. The molecule has 0 unspecified atom stereocenters. The average Bonchev–Trinajstić information content (AvgIpc) is 2.45. The summed E-state index contributed by atoms with van der Waals surface area (Å²) in [6.45, 7) is 5.40. The van der Waals surface area contributed by atoms with E-state index in [1.54, 1.807) is 44.2 Å². The molecule has 0 aliphatic carbocycles. The maximum atomic E-state index is 12.5. The molecule has 0 aliphatic heterocycles. The van der Waals surface area contributed by atoms with Crippen molar-refractivity contribution in [3.63, 3.8) is 0 Å². The number of hydrogen-bond acceptors (Lipinski definition) is 3. The number of hydrogen-bond donors (Lipinski definition) is 1. The standard InChI is InChI=1S/C16H18ClN3O2/c1-4-14(20-11(3)9-10(2)18-16(20)22)15(21)19-13-8-6-5-7-12(13)17/h5-9,14H,4H2,1-3H3,(H,19,21)/t14-/m1/s1. The fourth-order valence-corrected chi connectivity index (χ4v) is 2.59. The van der Waals surface area contributed by atoms with E-state index in [1.807, 2.05) is 6.92 Å². The van der Waals surface area contributed by atoms with Gasteiger partial charge in [0.25, 0.3) is 0 Å². The fraction of sp³-hybridized carbons (Fsp3) is 0.312. The summed E-state index contributed by atoms with van der Waals surface area (Å²) in [6.07, 6.45) is 0.474. The first-order valence-electron chi connectivity index (χ1n) is 7.06. The molecule has 0 radical (unpaired) electrons. The summed E-state index contributed by atoms with van der Waals surface area (Å²) in [4.78, 5) is 28.6. The van der Waals surface area contributed by atoms with Gasteiger partial charge in [-0.2, -0.15) is 4.98 Å². The lowest BCUT2D eigenvalue weighted by atomic mass is 10.1. The van der Waals surface area contributed by atoms with Crippen LogP contribution in [0.2, 0.25) is 5.02 Å². The Labute approximate surface area is 134 Å². The van der Waals surface area contributed by atoms with Crippen molar-refractivity contribution in [1.29, 1.82) is 0 Å². The van der Waals surface area contributed by atoms with Crippen LogP contribution in [-0.2, 0) is 4.79 Å². The van der Waals surface area contributed by atoms with Gasteiger partial charge in [0.2, 0.25) is 5.91 Å². The van der Waals surface area contributed by atoms with Crippen molar-refractivity contribution in [1.82, 2.24) is 9.55 Å². The van der Waals surface area contributed by atoms with Crippen LogP contribution in [-0.4, -0.2) is 15.5 Å². The van der Waals surface area contributed by atoms with Gasteiger partial charge >= 0.3 is 5.69 Å². The van der Waals surface area contributed by atoms with Crippen molar-refractivity contribution in [2.24, 2.45) is 0 Å². The molecule has 1 amide bonds. The Morgan fingerprint density at radius 3 is 2.64 bits per heavy atom. The minimum Gasteiger partial charge on any atom is -0.323 e.